The van der Waals surface area contributed by atoms with E-state index in [1.54, 1.807) is 13.3 Å². The van der Waals surface area contributed by atoms with E-state index >= 15 is 0 Å². The van der Waals surface area contributed by atoms with Crippen molar-refractivity contribution >= 4 is 26.8 Å². The lowest BCUT2D eigenvalue weighted by Crippen LogP contribution is -2.38. The van der Waals surface area contributed by atoms with E-state index < -0.39 is 5.54 Å². The third kappa shape index (κ3) is 3.91. The van der Waals surface area contributed by atoms with Crippen molar-refractivity contribution in [2.45, 2.75) is 12.5 Å². The summed E-state index contributed by atoms with van der Waals surface area (Å²) < 4.78 is 8.70. The maximum Gasteiger partial charge on any atom is 0.213 e. The highest BCUT2D eigenvalue weighted by Crippen LogP contribution is 2.44. The van der Waals surface area contributed by atoms with Crippen LogP contribution in [0, 0.1) is 6.92 Å². The number of aromatic nitrogens is 3. The molecule has 0 radical (unpaired) electrons. The van der Waals surface area contributed by atoms with Gasteiger partial charge in [-0.2, -0.15) is 5.10 Å². The Balaban J connectivity index is 1.80. The second-order valence-corrected chi connectivity index (χ2v) is 10.1. The minimum Gasteiger partial charge on any atom is -0.481 e. The van der Waals surface area contributed by atoms with Gasteiger partial charge >= 0.3 is 0 Å². The number of nitrogens with zero attached hydrogens (tertiary/aromatic N) is 3. The van der Waals surface area contributed by atoms with E-state index in [0.29, 0.717) is 5.88 Å². The van der Waals surface area contributed by atoms with E-state index in [2.05, 4.69) is 136 Å². The summed E-state index contributed by atoms with van der Waals surface area (Å²) in [6.07, 6.45) is 1.76. The van der Waals surface area contributed by atoms with Crippen molar-refractivity contribution < 1.29 is 4.74 Å². The number of pyridine rings is 1. The molecule has 6 aromatic rings. The third-order valence-electron chi connectivity index (χ3n) is 7.07. The first kappa shape index (κ1) is 24.1. The van der Waals surface area contributed by atoms with Gasteiger partial charge in [0.1, 0.15) is 11.2 Å². The van der Waals surface area contributed by atoms with Crippen LogP contribution in [-0.2, 0) is 5.54 Å². The van der Waals surface area contributed by atoms with Gasteiger partial charge in [0.05, 0.1) is 12.6 Å². The Morgan fingerprint density at radius 3 is 1.82 bits per heavy atom. The smallest absolute Gasteiger partial charge is 0.213 e. The van der Waals surface area contributed by atoms with Crippen LogP contribution in [0.1, 0.15) is 22.3 Å². The van der Waals surface area contributed by atoms with Crippen LogP contribution in [0.15, 0.2) is 126 Å². The Morgan fingerprint density at radius 2 is 1.29 bits per heavy atom. The number of aryl methyl sites for hydroxylation is 1. The summed E-state index contributed by atoms with van der Waals surface area (Å²) >= 11 is 3.77. The molecule has 186 valence electrons. The highest BCUT2D eigenvalue weighted by molar-refractivity contribution is 9.10. The Hall–Kier alpha value is -4.22. The van der Waals surface area contributed by atoms with Crippen molar-refractivity contribution in [1.29, 1.82) is 0 Å². The molecular formula is C33H26BrN3O. The van der Waals surface area contributed by atoms with Crippen molar-refractivity contribution in [2.24, 2.45) is 0 Å². The first-order chi connectivity index (χ1) is 18.6. The van der Waals surface area contributed by atoms with Crippen molar-refractivity contribution in [2.75, 3.05) is 7.11 Å². The molecule has 0 N–H and O–H groups in total. The van der Waals surface area contributed by atoms with Gasteiger partial charge in [0, 0.05) is 27.7 Å². The Bertz CT molecular complexity index is 1620. The number of benzene rings is 4. The SMILES string of the molecule is COc1cc(-c2nn(C(c3ccccc3)(c3ccccc3)c3ccccc3)c3cc(C)c(Br)cc23)ccn1. The highest BCUT2D eigenvalue weighted by Gasteiger charge is 2.41. The summed E-state index contributed by atoms with van der Waals surface area (Å²) in [6, 6.07) is 40.2. The molecule has 0 saturated heterocycles. The topological polar surface area (TPSA) is 39.9 Å². The molecule has 0 fully saturated rings. The van der Waals surface area contributed by atoms with Crippen LogP contribution in [0.2, 0.25) is 0 Å². The Kier molecular flexibility index (Phi) is 6.30. The van der Waals surface area contributed by atoms with Crippen LogP contribution in [0.5, 0.6) is 5.88 Å². The average Bonchev–Trinajstić information content (AvgIpc) is 3.33. The Morgan fingerprint density at radius 1 is 0.737 bits per heavy atom. The number of methoxy groups -OCH3 is 1. The first-order valence-electron chi connectivity index (χ1n) is 12.5. The quantitative estimate of drug-likeness (QED) is 0.194. The van der Waals surface area contributed by atoms with Gasteiger partial charge < -0.3 is 4.74 Å². The van der Waals surface area contributed by atoms with Crippen molar-refractivity contribution in [3.63, 3.8) is 0 Å². The molecule has 0 aliphatic rings. The standard InChI is InChI=1S/C33H26BrN3O/c1-23-20-30-28(22-29(23)34)32(24-18-19-35-31(21-24)38-2)36-37(30)33(25-12-6-3-7-13-25,26-14-8-4-9-15-26)27-16-10-5-11-17-27/h3-22H,1-2H3. The second kappa shape index (κ2) is 9.92. The number of hydrogen-bond acceptors (Lipinski definition) is 3. The molecule has 5 heteroatoms. The zero-order chi connectivity index (χ0) is 26.1. The molecule has 0 unspecified atom stereocenters. The van der Waals surface area contributed by atoms with Gasteiger partial charge in [0.15, 0.2) is 0 Å². The molecule has 0 bridgehead atoms. The minimum absolute atomic E-state index is 0.553. The van der Waals surface area contributed by atoms with E-state index in [1.807, 2.05) is 12.1 Å². The molecule has 2 heterocycles. The zero-order valence-electron chi connectivity index (χ0n) is 21.2. The number of rotatable bonds is 6. The summed E-state index contributed by atoms with van der Waals surface area (Å²) in [4.78, 5) is 4.33. The van der Waals surface area contributed by atoms with Gasteiger partial charge in [0.2, 0.25) is 5.88 Å². The van der Waals surface area contributed by atoms with Crippen LogP contribution >= 0.6 is 15.9 Å². The fraction of sp³-hybridized carbons (Fsp3) is 0.0909. The Labute approximate surface area is 230 Å². The molecule has 0 saturated carbocycles. The molecule has 0 aliphatic heterocycles. The van der Waals surface area contributed by atoms with Crippen LogP contribution in [0.3, 0.4) is 0 Å². The van der Waals surface area contributed by atoms with Crippen molar-refractivity contribution in [3.05, 3.63) is 148 Å². The molecule has 0 atom stereocenters. The summed E-state index contributed by atoms with van der Waals surface area (Å²) in [5, 5.41) is 6.48. The summed E-state index contributed by atoms with van der Waals surface area (Å²) in [5.74, 6) is 0.553. The van der Waals surface area contributed by atoms with E-state index in [1.165, 1.54) is 0 Å². The van der Waals surface area contributed by atoms with Crippen LogP contribution in [0.25, 0.3) is 22.2 Å². The lowest BCUT2D eigenvalue weighted by Gasteiger charge is -2.37. The summed E-state index contributed by atoms with van der Waals surface area (Å²) in [5.41, 5.74) is 6.64. The van der Waals surface area contributed by atoms with Gasteiger partial charge in [-0.25, -0.2) is 9.67 Å². The molecule has 0 aliphatic carbocycles. The number of fused-ring (bicyclic) bond motifs is 1. The highest BCUT2D eigenvalue weighted by atomic mass is 79.9. The van der Waals surface area contributed by atoms with Gasteiger partial charge in [0.25, 0.3) is 0 Å². The predicted molar refractivity (Wildman–Crippen MR) is 157 cm³/mol. The number of ether oxygens (including phenoxy) is 1. The molecule has 4 nitrogen and oxygen atoms in total. The van der Waals surface area contributed by atoms with Crippen LogP contribution in [-0.4, -0.2) is 21.9 Å². The molecular weight excluding hydrogens is 534 g/mol. The maximum atomic E-state index is 5.46. The molecule has 38 heavy (non-hydrogen) atoms. The zero-order valence-corrected chi connectivity index (χ0v) is 22.8. The largest absolute Gasteiger partial charge is 0.481 e. The second-order valence-electron chi connectivity index (χ2n) is 9.27. The predicted octanol–water partition coefficient (Wildman–Crippen LogP) is 8.02. The van der Waals surface area contributed by atoms with Gasteiger partial charge in [-0.05, 0) is 47.4 Å². The monoisotopic (exact) mass is 559 g/mol. The van der Waals surface area contributed by atoms with Gasteiger partial charge in [-0.1, -0.05) is 107 Å². The van der Waals surface area contributed by atoms with E-state index in [9.17, 15) is 0 Å². The number of hydrogen-bond donors (Lipinski definition) is 0. The van der Waals surface area contributed by atoms with E-state index in [4.69, 9.17) is 9.84 Å². The summed E-state index contributed by atoms with van der Waals surface area (Å²) in [6.45, 7) is 2.12. The third-order valence-corrected chi connectivity index (χ3v) is 7.92. The molecule has 0 amide bonds. The van der Waals surface area contributed by atoms with Crippen molar-refractivity contribution in [1.82, 2.24) is 14.8 Å². The summed E-state index contributed by atoms with van der Waals surface area (Å²) in [7, 11) is 1.63. The van der Waals surface area contributed by atoms with E-state index in [-0.39, 0.29) is 0 Å². The van der Waals surface area contributed by atoms with Gasteiger partial charge in [-0.3, -0.25) is 0 Å². The van der Waals surface area contributed by atoms with Crippen LogP contribution < -0.4 is 4.74 Å². The molecule has 6 rings (SSSR count). The maximum absolute atomic E-state index is 5.46. The first-order valence-corrected chi connectivity index (χ1v) is 13.3. The minimum atomic E-state index is -0.725. The molecule has 4 aromatic carbocycles. The fourth-order valence-corrected chi connectivity index (χ4v) is 5.62. The van der Waals surface area contributed by atoms with Crippen LogP contribution in [0.4, 0.5) is 0 Å². The lowest BCUT2D eigenvalue weighted by atomic mass is 9.77. The molecule has 0 spiro atoms. The van der Waals surface area contributed by atoms with Gasteiger partial charge in [-0.15, -0.1) is 0 Å². The fourth-order valence-electron chi connectivity index (χ4n) is 5.28. The average molecular weight is 560 g/mol. The molecule has 2 aromatic heterocycles. The van der Waals surface area contributed by atoms with Crippen molar-refractivity contribution in [3.8, 4) is 17.1 Å². The van der Waals surface area contributed by atoms with E-state index in [0.717, 1.165) is 48.9 Å². The normalized spacial score (nSPS) is 11.6. The number of halogens is 1. The lowest BCUT2D eigenvalue weighted by molar-refractivity contribution is 0.398.